The lowest BCUT2D eigenvalue weighted by Crippen LogP contribution is -2.31. The summed E-state index contributed by atoms with van der Waals surface area (Å²) in [6, 6.07) is 8.40. The van der Waals surface area contributed by atoms with Crippen molar-refractivity contribution in [3.8, 4) is 28.7 Å². The van der Waals surface area contributed by atoms with E-state index in [2.05, 4.69) is 5.32 Å². The third kappa shape index (κ3) is 4.52. The summed E-state index contributed by atoms with van der Waals surface area (Å²) in [6.45, 7) is 0.585. The lowest BCUT2D eigenvalue weighted by Gasteiger charge is -2.29. The highest BCUT2D eigenvalue weighted by Crippen LogP contribution is 2.44. The van der Waals surface area contributed by atoms with Crippen LogP contribution in [0.15, 0.2) is 30.3 Å². The van der Waals surface area contributed by atoms with E-state index in [9.17, 15) is 13.2 Å². The molecule has 2 heterocycles. The molecule has 0 saturated carbocycles. The maximum absolute atomic E-state index is 13.6. The van der Waals surface area contributed by atoms with Gasteiger partial charge in [0.05, 0.1) is 38.7 Å². The van der Waals surface area contributed by atoms with Crippen LogP contribution in [0.2, 0.25) is 0 Å². The molecule has 1 saturated heterocycles. The van der Waals surface area contributed by atoms with E-state index in [0.29, 0.717) is 53.7 Å². The predicted molar refractivity (Wildman–Crippen MR) is 125 cm³/mol. The molecule has 1 fully saturated rings. The normalized spacial score (nSPS) is 21.4. The monoisotopic (exact) mass is 491 g/mol. The molecule has 184 valence electrons. The minimum Gasteiger partial charge on any atom is -0.493 e. The van der Waals surface area contributed by atoms with Crippen LogP contribution in [0.5, 0.6) is 28.7 Å². The third-order valence-corrected chi connectivity index (χ3v) is 7.45. The molecule has 2 aromatic carbocycles. The Bertz CT molecular complexity index is 1200. The molecular formula is C24H29NO8S. The zero-order valence-corrected chi connectivity index (χ0v) is 20.5. The van der Waals surface area contributed by atoms with Gasteiger partial charge in [0, 0.05) is 18.2 Å². The molecule has 2 atom stereocenters. The van der Waals surface area contributed by atoms with E-state index in [0.717, 1.165) is 5.56 Å². The van der Waals surface area contributed by atoms with Gasteiger partial charge in [-0.25, -0.2) is 8.42 Å². The lowest BCUT2D eigenvalue weighted by molar-refractivity contribution is 0.0945. The number of carbonyl (C=O) groups is 1. The zero-order chi connectivity index (χ0) is 24.5. The number of nitrogens with one attached hydrogen (secondary N) is 1. The van der Waals surface area contributed by atoms with Crippen molar-refractivity contribution in [2.45, 2.75) is 24.3 Å². The van der Waals surface area contributed by atoms with Gasteiger partial charge in [0.15, 0.2) is 28.8 Å². The molecule has 9 nitrogen and oxygen atoms in total. The van der Waals surface area contributed by atoms with Crippen LogP contribution in [0.4, 0.5) is 0 Å². The highest BCUT2D eigenvalue weighted by molar-refractivity contribution is 7.90. The van der Waals surface area contributed by atoms with E-state index in [1.165, 1.54) is 27.6 Å². The van der Waals surface area contributed by atoms with Gasteiger partial charge < -0.3 is 29.0 Å². The Morgan fingerprint density at radius 1 is 1.06 bits per heavy atom. The number of ketones is 1. The minimum atomic E-state index is -3.21. The van der Waals surface area contributed by atoms with Gasteiger partial charge >= 0.3 is 0 Å². The number of Topliss-reactive ketones (excluding diaryl/α,β-unsaturated/α-hetero) is 1. The first-order valence-corrected chi connectivity index (χ1v) is 12.9. The SMILES string of the molecule is COc1ccc(C(=O)C2CC(CCS(C)(=O)=O)(c3ccc4c(c3)OCO4)CN2)c(OC)c1OC. The van der Waals surface area contributed by atoms with E-state index >= 15 is 0 Å². The Hall–Kier alpha value is -2.98. The van der Waals surface area contributed by atoms with Crippen molar-refractivity contribution in [3.05, 3.63) is 41.5 Å². The number of sulfone groups is 1. The first kappa shape index (κ1) is 24.2. The van der Waals surface area contributed by atoms with Crippen LogP contribution in [0, 0.1) is 0 Å². The largest absolute Gasteiger partial charge is 0.493 e. The summed E-state index contributed by atoms with van der Waals surface area (Å²) in [5, 5.41) is 3.32. The van der Waals surface area contributed by atoms with Crippen LogP contribution in [-0.4, -0.2) is 66.9 Å². The Morgan fingerprint density at radius 2 is 1.79 bits per heavy atom. The molecule has 0 radical (unpaired) electrons. The van der Waals surface area contributed by atoms with Crippen molar-refractivity contribution >= 4 is 15.6 Å². The van der Waals surface area contributed by atoms with Crippen molar-refractivity contribution in [3.63, 3.8) is 0 Å². The molecule has 2 aliphatic rings. The van der Waals surface area contributed by atoms with Crippen LogP contribution in [-0.2, 0) is 15.3 Å². The number of hydrogen-bond donors (Lipinski definition) is 1. The summed E-state index contributed by atoms with van der Waals surface area (Å²) in [5.41, 5.74) is 0.693. The topological polar surface area (TPSA) is 109 Å². The Balaban J connectivity index is 1.68. The van der Waals surface area contributed by atoms with Gasteiger partial charge in [-0.2, -0.15) is 0 Å². The molecule has 2 unspecified atom stereocenters. The number of carbonyl (C=O) groups excluding carboxylic acids is 1. The zero-order valence-electron chi connectivity index (χ0n) is 19.7. The van der Waals surface area contributed by atoms with Gasteiger partial charge in [-0.15, -0.1) is 0 Å². The summed E-state index contributed by atoms with van der Waals surface area (Å²) in [7, 11) is 1.26. The smallest absolute Gasteiger partial charge is 0.231 e. The minimum absolute atomic E-state index is 0.00368. The van der Waals surface area contributed by atoms with E-state index < -0.39 is 21.3 Å². The number of fused-ring (bicyclic) bond motifs is 1. The van der Waals surface area contributed by atoms with Crippen molar-refractivity contribution in [2.24, 2.45) is 0 Å². The second kappa shape index (κ2) is 9.34. The Labute approximate surface area is 199 Å². The number of rotatable bonds is 9. The number of hydrogen-bond acceptors (Lipinski definition) is 9. The first-order chi connectivity index (χ1) is 16.2. The van der Waals surface area contributed by atoms with Crippen LogP contribution >= 0.6 is 0 Å². The van der Waals surface area contributed by atoms with Crippen LogP contribution in [0.3, 0.4) is 0 Å². The molecule has 4 rings (SSSR count). The fourth-order valence-corrected chi connectivity index (χ4v) is 5.45. The summed E-state index contributed by atoms with van der Waals surface area (Å²) in [6.07, 6.45) is 2.00. The van der Waals surface area contributed by atoms with Gasteiger partial charge in [0.2, 0.25) is 12.5 Å². The molecule has 34 heavy (non-hydrogen) atoms. The van der Waals surface area contributed by atoms with Gasteiger partial charge in [-0.1, -0.05) is 6.07 Å². The summed E-state index contributed by atoms with van der Waals surface area (Å²) in [4.78, 5) is 13.6. The first-order valence-electron chi connectivity index (χ1n) is 10.9. The van der Waals surface area contributed by atoms with E-state index in [-0.39, 0.29) is 18.3 Å². The molecular weight excluding hydrogens is 462 g/mol. The van der Waals surface area contributed by atoms with Gasteiger partial charge in [-0.05, 0) is 42.7 Å². The second-order valence-electron chi connectivity index (χ2n) is 8.61. The van der Waals surface area contributed by atoms with Crippen LogP contribution < -0.4 is 29.0 Å². The summed E-state index contributed by atoms with van der Waals surface area (Å²) >= 11 is 0. The third-order valence-electron chi connectivity index (χ3n) is 6.50. The fraction of sp³-hybridized carbons (Fsp3) is 0.458. The molecule has 1 N–H and O–H groups in total. The maximum atomic E-state index is 13.6. The van der Waals surface area contributed by atoms with E-state index in [1.807, 2.05) is 18.2 Å². The van der Waals surface area contributed by atoms with Crippen LogP contribution in [0.1, 0.15) is 28.8 Å². The van der Waals surface area contributed by atoms with Crippen molar-refractivity contribution in [1.29, 1.82) is 0 Å². The Morgan fingerprint density at radius 3 is 2.47 bits per heavy atom. The lowest BCUT2D eigenvalue weighted by atomic mass is 9.75. The summed E-state index contributed by atoms with van der Waals surface area (Å²) < 4.78 is 51.3. The van der Waals surface area contributed by atoms with E-state index in [1.54, 1.807) is 12.1 Å². The van der Waals surface area contributed by atoms with E-state index in [4.69, 9.17) is 23.7 Å². The van der Waals surface area contributed by atoms with Crippen molar-refractivity contribution in [1.82, 2.24) is 5.32 Å². The molecule has 0 amide bonds. The maximum Gasteiger partial charge on any atom is 0.231 e. The van der Waals surface area contributed by atoms with Gasteiger partial charge in [-0.3, -0.25) is 4.79 Å². The Kier molecular flexibility index (Phi) is 6.64. The number of ether oxygens (including phenoxy) is 5. The average molecular weight is 492 g/mol. The second-order valence-corrected chi connectivity index (χ2v) is 10.9. The highest BCUT2D eigenvalue weighted by Gasteiger charge is 2.44. The van der Waals surface area contributed by atoms with Crippen molar-refractivity contribution in [2.75, 3.05) is 46.7 Å². The molecule has 10 heteroatoms. The highest BCUT2D eigenvalue weighted by atomic mass is 32.2. The van der Waals surface area contributed by atoms with Crippen molar-refractivity contribution < 1.29 is 36.9 Å². The predicted octanol–water partition coefficient (Wildman–Crippen LogP) is 2.36. The quantitative estimate of drug-likeness (QED) is 0.529. The fourth-order valence-electron chi connectivity index (χ4n) is 4.68. The number of methoxy groups -OCH3 is 3. The van der Waals surface area contributed by atoms with Crippen LogP contribution in [0.25, 0.3) is 0 Å². The standard InChI is InChI=1S/C24H29NO8S/c1-29-19-8-6-16(22(30-2)23(19)31-3)21(26)17-12-24(13-25-17,9-10-34(4,27)28)15-5-7-18-20(11-15)33-14-32-18/h5-8,11,17,25H,9-10,12-14H2,1-4H3. The van der Waals surface area contributed by atoms with Gasteiger partial charge in [0.25, 0.3) is 0 Å². The molecule has 0 aromatic heterocycles. The number of benzene rings is 2. The molecule has 2 aromatic rings. The molecule has 0 spiro atoms. The molecule has 2 aliphatic heterocycles. The van der Waals surface area contributed by atoms with Gasteiger partial charge in [0.1, 0.15) is 9.84 Å². The molecule has 0 bridgehead atoms. The average Bonchev–Trinajstić information content (AvgIpc) is 3.48. The summed E-state index contributed by atoms with van der Waals surface area (Å²) in [5.74, 6) is 2.20. The molecule has 0 aliphatic carbocycles.